The number of carbonyl (C=O) groups excluding carboxylic acids is 1. The first kappa shape index (κ1) is 18.5. The normalized spacial score (nSPS) is 13.7. The molecule has 2 heterocycles. The van der Waals surface area contributed by atoms with E-state index in [2.05, 4.69) is 5.32 Å². The van der Waals surface area contributed by atoms with Gasteiger partial charge in [-0.05, 0) is 37.8 Å². The van der Waals surface area contributed by atoms with Crippen molar-refractivity contribution in [2.45, 2.75) is 38.7 Å². The van der Waals surface area contributed by atoms with Crippen LogP contribution in [0.2, 0.25) is 0 Å². The molecule has 4 rings (SSSR count). The minimum atomic E-state index is -0.316. The van der Waals surface area contributed by atoms with Crippen molar-refractivity contribution in [3.05, 3.63) is 50.0 Å². The minimum absolute atomic E-state index is 0.177. The van der Waals surface area contributed by atoms with Gasteiger partial charge in [-0.25, -0.2) is 9.37 Å². The maximum Gasteiger partial charge on any atom is 0.261 e. The first-order chi connectivity index (χ1) is 13.2. The van der Waals surface area contributed by atoms with Crippen LogP contribution in [0.4, 0.5) is 4.39 Å². The highest BCUT2D eigenvalue weighted by Crippen LogP contribution is 2.33. The molecule has 0 saturated carbocycles. The van der Waals surface area contributed by atoms with Crippen molar-refractivity contribution in [1.29, 1.82) is 0 Å². The van der Waals surface area contributed by atoms with Crippen LogP contribution in [0.15, 0.2) is 18.2 Å². The fourth-order valence-corrected chi connectivity index (χ4v) is 5.80. The minimum Gasteiger partial charge on any atom is -0.380 e. The largest absolute Gasteiger partial charge is 0.380 e. The number of hydrogen-bond donors (Lipinski definition) is 1. The molecule has 4 nitrogen and oxygen atoms in total. The molecule has 1 aromatic carbocycles. The zero-order valence-electron chi connectivity index (χ0n) is 15.1. The highest BCUT2D eigenvalue weighted by Gasteiger charge is 2.21. The smallest absolute Gasteiger partial charge is 0.261 e. The number of thiophene rings is 1. The van der Waals surface area contributed by atoms with E-state index >= 15 is 0 Å². The van der Waals surface area contributed by atoms with Gasteiger partial charge in [0.2, 0.25) is 0 Å². The molecular formula is C20H21FN2O2S2. The second kappa shape index (κ2) is 8.04. The maximum absolute atomic E-state index is 14.2. The second-order valence-corrected chi connectivity index (χ2v) is 8.87. The molecule has 7 heteroatoms. The zero-order chi connectivity index (χ0) is 18.8. The quantitative estimate of drug-likeness (QED) is 0.658. The molecule has 0 saturated heterocycles. The van der Waals surface area contributed by atoms with E-state index in [0.29, 0.717) is 22.4 Å². The SMILES string of the molecule is COCc1c(C(=O)NCCc2nc3c(s2)CCCC3)sc2cccc(F)c12. The van der Waals surface area contributed by atoms with Gasteiger partial charge in [0.15, 0.2) is 0 Å². The molecule has 142 valence electrons. The number of nitrogens with one attached hydrogen (secondary N) is 1. The Kier molecular flexibility index (Phi) is 5.52. The summed E-state index contributed by atoms with van der Waals surface area (Å²) in [5.74, 6) is -0.493. The van der Waals surface area contributed by atoms with E-state index in [-0.39, 0.29) is 18.3 Å². The third-order valence-electron chi connectivity index (χ3n) is 4.77. The monoisotopic (exact) mass is 404 g/mol. The number of carbonyl (C=O) groups is 1. The molecule has 1 amide bonds. The second-order valence-electron chi connectivity index (χ2n) is 6.65. The van der Waals surface area contributed by atoms with Gasteiger partial charge in [-0.2, -0.15) is 0 Å². The molecule has 0 fully saturated rings. The Bertz CT molecular complexity index is 956. The summed E-state index contributed by atoms with van der Waals surface area (Å²) in [5, 5.41) is 4.54. The Morgan fingerprint density at radius 3 is 2.96 bits per heavy atom. The first-order valence-corrected chi connectivity index (χ1v) is 10.7. The summed E-state index contributed by atoms with van der Waals surface area (Å²) in [6, 6.07) is 4.91. The topological polar surface area (TPSA) is 51.2 Å². The molecule has 0 bridgehead atoms. The van der Waals surface area contributed by atoms with Gasteiger partial charge in [0, 0.05) is 40.6 Å². The summed E-state index contributed by atoms with van der Waals surface area (Å²) in [7, 11) is 1.55. The van der Waals surface area contributed by atoms with Gasteiger partial charge in [0.25, 0.3) is 5.91 Å². The molecule has 1 aliphatic rings. The lowest BCUT2D eigenvalue weighted by Crippen LogP contribution is -2.25. The lowest BCUT2D eigenvalue weighted by Gasteiger charge is -2.06. The van der Waals surface area contributed by atoms with Crippen molar-refractivity contribution < 1.29 is 13.9 Å². The van der Waals surface area contributed by atoms with Crippen molar-refractivity contribution in [2.24, 2.45) is 0 Å². The van der Waals surface area contributed by atoms with Crippen molar-refractivity contribution in [3.8, 4) is 0 Å². The number of rotatable bonds is 6. The van der Waals surface area contributed by atoms with E-state index < -0.39 is 0 Å². The number of fused-ring (bicyclic) bond motifs is 2. The van der Waals surface area contributed by atoms with Crippen LogP contribution in [0.1, 0.15) is 43.7 Å². The van der Waals surface area contributed by atoms with Crippen molar-refractivity contribution in [2.75, 3.05) is 13.7 Å². The molecular weight excluding hydrogens is 383 g/mol. The fraction of sp³-hybridized carbons (Fsp3) is 0.400. The third kappa shape index (κ3) is 3.77. The Balaban J connectivity index is 1.47. The van der Waals surface area contributed by atoms with E-state index in [1.165, 1.54) is 40.8 Å². The van der Waals surface area contributed by atoms with Crippen LogP contribution >= 0.6 is 22.7 Å². The van der Waals surface area contributed by atoms with Gasteiger partial charge in [0.1, 0.15) is 5.82 Å². The first-order valence-electron chi connectivity index (χ1n) is 9.12. The van der Waals surface area contributed by atoms with E-state index in [4.69, 9.17) is 9.72 Å². The van der Waals surface area contributed by atoms with Crippen LogP contribution in [-0.2, 0) is 30.6 Å². The average molecular weight is 405 g/mol. The van der Waals surface area contributed by atoms with Gasteiger partial charge in [-0.15, -0.1) is 22.7 Å². The highest BCUT2D eigenvalue weighted by molar-refractivity contribution is 7.21. The number of benzene rings is 1. The van der Waals surface area contributed by atoms with Crippen LogP contribution in [0.25, 0.3) is 10.1 Å². The van der Waals surface area contributed by atoms with E-state index in [1.807, 2.05) is 6.07 Å². The van der Waals surface area contributed by atoms with E-state index in [0.717, 1.165) is 29.0 Å². The number of methoxy groups -OCH3 is 1. The number of amides is 1. The van der Waals surface area contributed by atoms with E-state index in [9.17, 15) is 9.18 Å². The summed E-state index contributed by atoms with van der Waals surface area (Å²) in [5.41, 5.74) is 1.87. The maximum atomic E-state index is 14.2. The molecule has 27 heavy (non-hydrogen) atoms. The Morgan fingerprint density at radius 2 is 2.15 bits per heavy atom. The number of thiazole rings is 1. The predicted molar refractivity (Wildman–Crippen MR) is 107 cm³/mol. The summed E-state index contributed by atoms with van der Waals surface area (Å²) in [6.07, 6.45) is 5.40. The number of ether oxygens (including phenoxy) is 1. The summed E-state index contributed by atoms with van der Waals surface area (Å²) >= 11 is 3.08. The number of halogens is 1. The lowest BCUT2D eigenvalue weighted by atomic mass is 10.0. The number of hydrogen-bond acceptors (Lipinski definition) is 5. The molecule has 0 unspecified atom stereocenters. The lowest BCUT2D eigenvalue weighted by molar-refractivity contribution is 0.0954. The van der Waals surface area contributed by atoms with Gasteiger partial charge < -0.3 is 10.1 Å². The highest BCUT2D eigenvalue weighted by atomic mass is 32.1. The standard InChI is InChI=1S/C20H21FN2O2S2/c1-25-11-12-18-13(21)5-4-8-16(18)27-19(12)20(24)22-10-9-17-23-14-6-2-3-7-15(14)26-17/h4-5,8H,2-3,6-7,9-11H2,1H3,(H,22,24). The molecule has 2 aromatic heterocycles. The molecule has 0 atom stereocenters. The van der Waals surface area contributed by atoms with Gasteiger partial charge in [0.05, 0.1) is 22.2 Å². The number of aromatic nitrogens is 1. The van der Waals surface area contributed by atoms with Crippen LogP contribution in [0.5, 0.6) is 0 Å². The summed E-state index contributed by atoms with van der Waals surface area (Å²) in [6.45, 7) is 0.733. The third-order valence-corrected chi connectivity index (χ3v) is 7.19. The molecule has 0 radical (unpaired) electrons. The average Bonchev–Trinajstić information content (AvgIpc) is 3.24. The Morgan fingerprint density at radius 1 is 1.30 bits per heavy atom. The van der Waals surface area contributed by atoms with Gasteiger partial charge >= 0.3 is 0 Å². The Labute approximate surface area is 165 Å². The van der Waals surface area contributed by atoms with Crippen LogP contribution in [0.3, 0.4) is 0 Å². The van der Waals surface area contributed by atoms with Crippen LogP contribution < -0.4 is 5.32 Å². The van der Waals surface area contributed by atoms with Gasteiger partial charge in [-0.1, -0.05) is 6.07 Å². The Hall–Kier alpha value is -1.83. The van der Waals surface area contributed by atoms with Crippen LogP contribution in [-0.4, -0.2) is 24.5 Å². The van der Waals surface area contributed by atoms with E-state index in [1.54, 1.807) is 24.5 Å². The van der Waals surface area contributed by atoms with Crippen molar-refractivity contribution in [3.63, 3.8) is 0 Å². The number of nitrogens with zero attached hydrogens (tertiary/aromatic N) is 1. The number of aryl methyl sites for hydroxylation is 2. The molecule has 0 spiro atoms. The molecule has 3 aromatic rings. The summed E-state index contributed by atoms with van der Waals surface area (Å²) in [4.78, 5) is 19.4. The fourth-order valence-electron chi connectivity index (χ4n) is 3.51. The van der Waals surface area contributed by atoms with Gasteiger partial charge in [-0.3, -0.25) is 4.79 Å². The summed E-state index contributed by atoms with van der Waals surface area (Å²) < 4.78 is 20.2. The molecule has 1 aliphatic carbocycles. The predicted octanol–water partition coefficient (Wildman–Crippen LogP) is 4.49. The zero-order valence-corrected chi connectivity index (χ0v) is 16.8. The molecule has 1 N–H and O–H groups in total. The van der Waals surface area contributed by atoms with Crippen LogP contribution in [0, 0.1) is 5.82 Å². The van der Waals surface area contributed by atoms with Crippen molar-refractivity contribution in [1.82, 2.24) is 10.3 Å². The molecule has 0 aliphatic heterocycles. The van der Waals surface area contributed by atoms with Crippen molar-refractivity contribution >= 4 is 38.7 Å².